The molecule has 2 aromatic rings. The molecule has 0 bridgehead atoms. The van der Waals surface area contributed by atoms with E-state index in [-0.39, 0.29) is 24.2 Å². The maximum Gasteiger partial charge on any atom is 0.417 e. The lowest BCUT2D eigenvalue weighted by molar-refractivity contribution is -0.137. The minimum absolute atomic E-state index is 0.0628. The Bertz CT molecular complexity index is 991. The summed E-state index contributed by atoms with van der Waals surface area (Å²) in [5.74, 6) is 0.0548. The predicted octanol–water partition coefficient (Wildman–Crippen LogP) is 3.58. The Morgan fingerprint density at radius 2 is 2.07 bits per heavy atom. The highest BCUT2D eigenvalue weighted by atomic mass is 35.5. The van der Waals surface area contributed by atoms with Crippen LogP contribution in [-0.4, -0.2) is 33.4 Å². The molecular weight excluding hydrogens is 419 g/mol. The number of benzene rings is 1. The lowest BCUT2D eigenvalue weighted by Crippen LogP contribution is -2.44. The summed E-state index contributed by atoms with van der Waals surface area (Å²) < 4.78 is 39.6. The number of fused-ring (bicyclic) bond motifs is 1. The molecule has 2 aliphatic heterocycles. The molecule has 1 saturated heterocycles. The summed E-state index contributed by atoms with van der Waals surface area (Å²) in [7, 11) is 0. The fraction of sp³-hybridized carbons (Fsp3) is 0.450. The van der Waals surface area contributed by atoms with Crippen LogP contribution < -0.4 is 10.9 Å². The average Bonchev–Trinajstić information content (AvgIpc) is 3.20. The van der Waals surface area contributed by atoms with Crippen LogP contribution in [0.1, 0.15) is 58.1 Å². The van der Waals surface area contributed by atoms with E-state index in [0.717, 1.165) is 36.0 Å². The molecule has 1 amide bonds. The fourth-order valence-corrected chi connectivity index (χ4v) is 4.39. The normalized spacial score (nSPS) is 21.6. The third kappa shape index (κ3) is 3.77. The standard InChI is InChI=1S/C20H21ClF3N5O/c1-10-8-13-16(26-11(2)27-18(13)15-6-7-25-28-15)9-29(10)19(30)12-4-3-5-14(17(12)21)20(22,23)24/h3-5,10,15,25,28H,6-9H2,1-2H3. The van der Waals surface area contributed by atoms with Gasteiger partial charge in [0.1, 0.15) is 5.82 Å². The highest BCUT2D eigenvalue weighted by Crippen LogP contribution is 2.37. The van der Waals surface area contributed by atoms with Crippen molar-refractivity contribution in [1.29, 1.82) is 0 Å². The summed E-state index contributed by atoms with van der Waals surface area (Å²) in [6.45, 7) is 4.68. The van der Waals surface area contributed by atoms with E-state index in [1.165, 1.54) is 17.0 Å². The molecule has 0 radical (unpaired) electrons. The minimum atomic E-state index is -4.63. The SMILES string of the molecule is Cc1nc2c(c(C3CCNN3)n1)CC(C)N(C(=O)c1cccc(C(F)(F)F)c1Cl)C2. The largest absolute Gasteiger partial charge is 0.417 e. The van der Waals surface area contributed by atoms with Crippen molar-refractivity contribution in [3.8, 4) is 0 Å². The lowest BCUT2D eigenvalue weighted by atomic mass is 9.93. The van der Waals surface area contributed by atoms with Crippen molar-refractivity contribution >= 4 is 17.5 Å². The lowest BCUT2D eigenvalue weighted by Gasteiger charge is -2.36. The van der Waals surface area contributed by atoms with E-state index in [4.69, 9.17) is 11.6 Å². The second-order valence-corrected chi connectivity index (χ2v) is 8.02. The number of aryl methyl sites for hydroxylation is 1. The molecule has 2 N–H and O–H groups in total. The molecule has 1 fully saturated rings. The Morgan fingerprint density at radius 3 is 2.73 bits per heavy atom. The molecule has 30 heavy (non-hydrogen) atoms. The van der Waals surface area contributed by atoms with Crippen LogP contribution in [0.25, 0.3) is 0 Å². The first kappa shape index (κ1) is 21.0. The number of hydrogen-bond donors (Lipinski definition) is 2. The van der Waals surface area contributed by atoms with Gasteiger partial charge in [-0.05, 0) is 38.8 Å². The number of amides is 1. The Labute approximate surface area is 176 Å². The smallest absolute Gasteiger partial charge is 0.330 e. The molecule has 1 aromatic heterocycles. The predicted molar refractivity (Wildman–Crippen MR) is 105 cm³/mol. The average molecular weight is 440 g/mol. The summed E-state index contributed by atoms with van der Waals surface area (Å²) in [6, 6.07) is 3.22. The number of hydrazine groups is 1. The van der Waals surface area contributed by atoms with Gasteiger partial charge in [-0.25, -0.2) is 15.4 Å². The Morgan fingerprint density at radius 1 is 1.30 bits per heavy atom. The Kier molecular flexibility index (Phi) is 5.46. The third-order valence-corrected chi connectivity index (χ3v) is 5.96. The number of nitrogens with zero attached hydrogens (tertiary/aromatic N) is 3. The molecule has 0 aliphatic carbocycles. The Balaban J connectivity index is 1.68. The van der Waals surface area contributed by atoms with Crippen LogP contribution in [0.2, 0.25) is 5.02 Å². The van der Waals surface area contributed by atoms with Crippen molar-refractivity contribution in [3.63, 3.8) is 0 Å². The molecule has 6 nitrogen and oxygen atoms in total. The number of alkyl halides is 3. The van der Waals surface area contributed by atoms with Crippen molar-refractivity contribution < 1.29 is 18.0 Å². The molecule has 10 heteroatoms. The van der Waals surface area contributed by atoms with Crippen molar-refractivity contribution in [1.82, 2.24) is 25.7 Å². The van der Waals surface area contributed by atoms with Gasteiger partial charge in [0.2, 0.25) is 0 Å². The van der Waals surface area contributed by atoms with Gasteiger partial charge in [-0.15, -0.1) is 0 Å². The number of carbonyl (C=O) groups excluding carboxylic acids is 1. The second kappa shape index (κ2) is 7.79. The number of nitrogens with one attached hydrogen (secondary N) is 2. The van der Waals surface area contributed by atoms with Crippen LogP contribution in [0.3, 0.4) is 0 Å². The zero-order valence-corrected chi connectivity index (χ0v) is 17.2. The van der Waals surface area contributed by atoms with Gasteiger partial charge >= 0.3 is 6.18 Å². The van der Waals surface area contributed by atoms with Crippen molar-refractivity contribution in [2.24, 2.45) is 0 Å². The number of aromatic nitrogens is 2. The molecule has 2 unspecified atom stereocenters. The molecule has 1 aromatic carbocycles. The van der Waals surface area contributed by atoms with Crippen LogP contribution in [0.15, 0.2) is 18.2 Å². The molecule has 4 rings (SSSR count). The first-order chi connectivity index (χ1) is 14.2. The van der Waals surface area contributed by atoms with E-state index in [9.17, 15) is 18.0 Å². The first-order valence-electron chi connectivity index (χ1n) is 9.68. The molecule has 3 heterocycles. The van der Waals surface area contributed by atoms with Crippen LogP contribution in [-0.2, 0) is 19.1 Å². The van der Waals surface area contributed by atoms with E-state index in [1.807, 2.05) is 6.92 Å². The maximum absolute atomic E-state index is 13.2. The van der Waals surface area contributed by atoms with Gasteiger partial charge in [0.05, 0.1) is 40.1 Å². The Hall–Kier alpha value is -2.23. The summed E-state index contributed by atoms with van der Waals surface area (Å²) in [4.78, 5) is 23.8. The zero-order chi connectivity index (χ0) is 21.6. The molecule has 0 spiro atoms. The van der Waals surface area contributed by atoms with Gasteiger partial charge < -0.3 is 4.90 Å². The number of hydrogen-bond acceptors (Lipinski definition) is 5. The van der Waals surface area contributed by atoms with Crippen LogP contribution in [0.5, 0.6) is 0 Å². The van der Waals surface area contributed by atoms with Gasteiger partial charge in [0.25, 0.3) is 5.91 Å². The first-order valence-corrected chi connectivity index (χ1v) is 10.1. The number of rotatable bonds is 2. The quantitative estimate of drug-likeness (QED) is 0.748. The minimum Gasteiger partial charge on any atom is -0.330 e. The van der Waals surface area contributed by atoms with E-state index in [0.29, 0.717) is 12.2 Å². The topological polar surface area (TPSA) is 70.2 Å². The van der Waals surface area contributed by atoms with Crippen molar-refractivity contribution in [2.75, 3.05) is 6.54 Å². The van der Waals surface area contributed by atoms with E-state index < -0.39 is 22.7 Å². The van der Waals surface area contributed by atoms with E-state index in [1.54, 1.807) is 6.92 Å². The summed E-state index contributed by atoms with van der Waals surface area (Å²) >= 11 is 5.98. The monoisotopic (exact) mass is 439 g/mol. The van der Waals surface area contributed by atoms with Crippen molar-refractivity contribution in [2.45, 2.75) is 51.5 Å². The highest BCUT2D eigenvalue weighted by molar-refractivity contribution is 6.34. The zero-order valence-electron chi connectivity index (χ0n) is 16.5. The summed E-state index contributed by atoms with van der Waals surface area (Å²) in [5, 5.41) is -0.575. The van der Waals surface area contributed by atoms with E-state index in [2.05, 4.69) is 20.8 Å². The van der Waals surface area contributed by atoms with E-state index >= 15 is 0 Å². The summed E-state index contributed by atoms with van der Waals surface area (Å²) in [6.07, 6.45) is -3.22. The molecule has 160 valence electrons. The van der Waals surface area contributed by atoms with Gasteiger partial charge in [-0.2, -0.15) is 13.2 Å². The van der Waals surface area contributed by atoms with Crippen molar-refractivity contribution in [3.05, 3.63) is 57.1 Å². The third-order valence-electron chi connectivity index (χ3n) is 5.55. The number of carbonyl (C=O) groups is 1. The maximum atomic E-state index is 13.2. The number of halogens is 4. The van der Waals surface area contributed by atoms with Gasteiger partial charge in [-0.1, -0.05) is 17.7 Å². The van der Waals surface area contributed by atoms with Gasteiger partial charge in [0, 0.05) is 18.2 Å². The summed E-state index contributed by atoms with van der Waals surface area (Å²) in [5.41, 5.74) is 7.77. The molecule has 0 saturated carbocycles. The molecule has 2 aliphatic rings. The van der Waals surface area contributed by atoms with Crippen LogP contribution in [0.4, 0.5) is 13.2 Å². The molecular formula is C20H21ClF3N5O. The second-order valence-electron chi connectivity index (χ2n) is 7.64. The molecule has 2 atom stereocenters. The fourth-order valence-electron chi connectivity index (χ4n) is 4.07. The van der Waals surface area contributed by atoms with Crippen LogP contribution in [0, 0.1) is 6.92 Å². The van der Waals surface area contributed by atoms with Gasteiger partial charge in [0.15, 0.2) is 0 Å². The highest BCUT2D eigenvalue weighted by Gasteiger charge is 2.37. The van der Waals surface area contributed by atoms with Gasteiger partial charge in [-0.3, -0.25) is 10.2 Å². The van der Waals surface area contributed by atoms with Crippen LogP contribution >= 0.6 is 11.6 Å².